The van der Waals surface area contributed by atoms with Crippen LogP contribution in [0, 0.1) is 24.4 Å². The molecule has 0 saturated heterocycles. The Balaban J connectivity index is 0.00000210. The molecule has 0 fully saturated rings. The summed E-state index contributed by atoms with van der Waals surface area (Å²) in [5, 5.41) is 0. The number of hydrogen-bond donors (Lipinski definition) is 1. The quantitative estimate of drug-likeness (QED) is 0.498. The zero-order chi connectivity index (χ0) is 26.5. The molecule has 1 N–H and O–H groups in total. The summed E-state index contributed by atoms with van der Waals surface area (Å²) in [6.45, 7) is 12.0. The summed E-state index contributed by atoms with van der Waals surface area (Å²) in [6.07, 6.45) is 6.50. The second-order valence-electron chi connectivity index (χ2n) is 7.20. The van der Waals surface area contributed by atoms with Gasteiger partial charge >= 0.3 is 0 Å². The van der Waals surface area contributed by atoms with E-state index in [-0.39, 0.29) is 17.1 Å². The minimum absolute atomic E-state index is 0.00588. The molecule has 35 heavy (non-hydrogen) atoms. The number of aromatic nitrogens is 1. The third-order valence-corrected chi connectivity index (χ3v) is 6.49. The summed E-state index contributed by atoms with van der Waals surface area (Å²) in [7, 11) is -4.42. The maximum absolute atomic E-state index is 15.3. The zero-order valence-electron chi connectivity index (χ0n) is 20.0. The van der Waals surface area contributed by atoms with E-state index < -0.39 is 43.6 Å². The van der Waals surface area contributed by atoms with Gasteiger partial charge < -0.3 is 4.90 Å². The third-order valence-electron chi connectivity index (χ3n) is 5.01. The van der Waals surface area contributed by atoms with Crippen LogP contribution in [0.5, 0.6) is 0 Å². The first-order valence-corrected chi connectivity index (χ1v) is 12.1. The summed E-state index contributed by atoms with van der Waals surface area (Å²) in [5.41, 5.74) is -0.0420. The molecule has 3 rings (SSSR count). The highest BCUT2D eigenvalue weighted by Gasteiger charge is 2.25. The maximum Gasteiger partial charge on any atom is 0.263 e. The molecule has 0 spiro atoms. The van der Waals surface area contributed by atoms with Crippen molar-refractivity contribution in [1.29, 1.82) is 0 Å². The normalized spacial score (nSPS) is 14.5. The molecule has 186 valence electrons. The van der Waals surface area contributed by atoms with Crippen LogP contribution in [-0.2, 0) is 14.8 Å². The van der Waals surface area contributed by atoms with Gasteiger partial charge in [-0.15, -0.1) is 0 Å². The number of Topliss-reactive ketones (excluding diaryl/α,β-unsaturated/α-hetero) is 1. The van der Waals surface area contributed by atoms with E-state index in [9.17, 15) is 22.0 Å². The van der Waals surface area contributed by atoms with Crippen LogP contribution >= 0.6 is 0 Å². The van der Waals surface area contributed by atoms with Crippen LogP contribution in [0.3, 0.4) is 0 Å². The Morgan fingerprint density at radius 1 is 1.14 bits per heavy atom. The molecule has 6 nitrogen and oxygen atoms in total. The first-order valence-electron chi connectivity index (χ1n) is 10.6. The van der Waals surface area contributed by atoms with E-state index in [4.69, 9.17) is 0 Å². The molecule has 1 aromatic heterocycles. The van der Waals surface area contributed by atoms with Crippen LogP contribution in [0.15, 0.2) is 71.7 Å². The number of nitrogens with one attached hydrogen (secondary N) is 1. The first-order chi connectivity index (χ1) is 16.5. The molecule has 1 aliphatic heterocycles. The Morgan fingerprint density at radius 3 is 2.40 bits per heavy atom. The van der Waals surface area contributed by atoms with Crippen molar-refractivity contribution in [2.24, 2.45) is 0 Å². The zero-order valence-corrected chi connectivity index (χ0v) is 20.8. The molecule has 10 heteroatoms. The molecule has 0 saturated carbocycles. The molecule has 0 radical (unpaired) electrons. The Labute approximate surface area is 203 Å². The fraction of sp³-hybridized carbons (Fsp3) is 0.200. The number of nitrogens with zero attached hydrogens (tertiary/aromatic N) is 2. The van der Waals surface area contributed by atoms with Crippen molar-refractivity contribution < 1.29 is 26.4 Å². The van der Waals surface area contributed by atoms with Gasteiger partial charge in [-0.25, -0.2) is 21.6 Å². The Kier molecular flexibility index (Phi) is 8.81. The molecular formula is C25H26F3N3O3S. The van der Waals surface area contributed by atoms with Crippen molar-refractivity contribution in [3.63, 3.8) is 0 Å². The number of halogens is 3. The summed E-state index contributed by atoms with van der Waals surface area (Å²) in [4.78, 5) is 16.3. The second kappa shape index (κ2) is 11.2. The number of carbonyl (C=O) groups excluding carboxylic acids is 1. The van der Waals surface area contributed by atoms with E-state index in [1.165, 1.54) is 43.3 Å². The topological polar surface area (TPSA) is 79.4 Å². The van der Waals surface area contributed by atoms with Gasteiger partial charge in [-0.2, -0.15) is 0 Å². The number of anilines is 1. The van der Waals surface area contributed by atoms with E-state index in [2.05, 4.69) is 11.6 Å². The molecule has 0 amide bonds. The smallest absolute Gasteiger partial charge is 0.263 e. The molecule has 1 aliphatic rings. The van der Waals surface area contributed by atoms with Gasteiger partial charge in [0.25, 0.3) is 10.0 Å². The van der Waals surface area contributed by atoms with Crippen molar-refractivity contribution in [3.05, 3.63) is 95.5 Å². The van der Waals surface area contributed by atoms with Crippen LogP contribution in [0.2, 0.25) is 0 Å². The standard InChI is InChI=1S/C23H20F3N3O3S.C2H6/c1-5-29-12-16(6-9-20(29)13(2)15(4)30)22-18(25)7-8-19(23(22)26)28-33(31,32)21-10-17(24)11-27-14(21)3;1-2/h5-12,28H,1H2,2-4H3;1-2H3/b20-13+;. The summed E-state index contributed by atoms with van der Waals surface area (Å²) < 4.78 is 70.9. The number of pyridine rings is 1. The van der Waals surface area contributed by atoms with E-state index in [1.807, 2.05) is 18.6 Å². The predicted molar refractivity (Wildman–Crippen MR) is 130 cm³/mol. The van der Waals surface area contributed by atoms with E-state index in [0.717, 1.165) is 24.4 Å². The number of carbonyl (C=O) groups is 1. The van der Waals surface area contributed by atoms with Crippen molar-refractivity contribution in [3.8, 4) is 0 Å². The van der Waals surface area contributed by atoms with Gasteiger partial charge in [-0.05, 0) is 45.0 Å². The number of allylic oxidation sites excluding steroid dienone is 4. The summed E-state index contributed by atoms with van der Waals surface area (Å²) in [5.74, 6) is -3.17. The molecular weight excluding hydrogens is 479 g/mol. The van der Waals surface area contributed by atoms with Crippen LogP contribution in [-0.4, -0.2) is 24.1 Å². The number of sulfonamides is 1. The SMILES string of the molecule is C=CN1C=C(c2c(F)ccc(NS(=O)(=O)c3cc(F)cnc3C)c2F)C=C/C1=C(/C)C(C)=O.CC. The Bertz CT molecular complexity index is 1360. The van der Waals surface area contributed by atoms with Crippen molar-refractivity contribution in [2.75, 3.05) is 4.72 Å². The lowest BCUT2D eigenvalue weighted by Crippen LogP contribution is -2.18. The Hall–Kier alpha value is -3.66. The van der Waals surface area contributed by atoms with Gasteiger partial charge in [0.15, 0.2) is 11.6 Å². The highest BCUT2D eigenvalue weighted by molar-refractivity contribution is 7.92. The molecule has 2 aromatic rings. The van der Waals surface area contributed by atoms with Gasteiger partial charge in [0.2, 0.25) is 0 Å². The highest BCUT2D eigenvalue weighted by Crippen LogP contribution is 2.33. The number of benzene rings is 1. The van der Waals surface area contributed by atoms with Gasteiger partial charge in [-0.1, -0.05) is 26.5 Å². The average Bonchev–Trinajstić information content (AvgIpc) is 2.83. The molecule has 1 aromatic carbocycles. The average molecular weight is 506 g/mol. The summed E-state index contributed by atoms with van der Waals surface area (Å²) in [6, 6.07) is 2.59. The van der Waals surface area contributed by atoms with Crippen molar-refractivity contribution >= 4 is 27.1 Å². The largest absolute Gasteiger partial charge is 0.323 e. The molecule has 0 aliphatic carbocycles. The lowest BCUT2D eigenvalue weighted by atomic mass is 10.00. The first kappa shape index (κ1) is 27.6. The van der Waals surface area contributed by atoms with Gasteiger partial charge in [0, 0.05) is 23.5 Å². The van der Waals surface area contributed by atoms with Crippen LogP contribution in [0.1, 0.15) is 39.0 Å². The fourth-order valence-electron chi connectivity index (χ4n) is 3.17. The second-order valence-corrected chi connectivity index (χ2v) is 8.85. The number of ketones is 1. The third kappa shape index (κ3) is 5.89. The number of hydrogen-bond acceptors (Lipinski definition) is 5. The summed E-state index contributed by atoms with van der Waals surface area (Å²) >= 11 is 0. The molecule has 0 unspecified atom stereocenters. The fourth-order valence-corrected chi connectivity index (χ4v) is 4.44. The monoisotopic (exact) mass is 505 g/mol. The molecule has 0 bridgehead atoms. The van der Waals surface area contributed by atoms with Crippen LogP contribution in [0.25, 0.3) is 5.57 Å². The van der Waals surface area contributed by atoms with E-state index >= 15 is 4.39 Å². The minimum Gasteiger partial charge on any atom is -0.323 e. The van der Waals surface area contributed by atoms with Crippen LogP contribution < -0.4 is 4.72 Å². The lowest BCUT2D eigenvalue weighted by molar-refractivity contribution is -0.113. The maximum atomic E-state index is 15.3. The van der Waals surface area contributed by atoms with Crippen LogP contribution in [0.4, 0.5) is 18.9 Å². The Morgan fingerprint density at radius 2 is 1.80 bits per heavy atom. The minimum atomic E-state index is -4.42. The molecule has 2 heterocycles. The van der Waals surface area contributed by atoms with Gasteiger partial charge in [0.1, 0.15) is 16.5 Å². The van der Waals surface area contributed by atoms with Crippen molar-refractivity contribution in [2.45, 2.75) is 39.5 Å². The van der Waals surface area contributed by atoms with Gasteiger partial charge in [0.05, 0.1) is 28.8 Å². The van der Waals surface area contributed by atoms with E-state index in [1.54, 1.807) is 6.92 Å². The molecule has 0 atom stereocenters. The number of rotatable bonds is 6. The lowest BCUT2D eigenvalue weighted by Gasteiger charge is -2.24. The predicted octanol–water partition coefficient (Wildman–Crippen LogP) is 5.85. The highest BCUT2D eigenvalue weighted by atomic mass is 32.2. The van der Waals surface area contributed by atoms with E-state index in [0.29, 0.717) is 11.3 Å². The van der Waals surface area contributed by atoms with Gasteiger partial charge in [-0.3, -0.25) is 14.5 Å². The van der Waals surface area contributed by atoms with Crippen molar-refractivity contribution in [1.82, 2.24) is 9.88 Å². The number of aryl methyl sites for hydroxylation is 1.